The van der Waals surface area contributed by atoms with Crippen molar-refractivity contribution in [2.24, 2.45) is 0 Å². The Labute approximate surface area is 173 Å². The van der Waals surface area contributed by atoms with E-state index in [0.717, 1.165) is 3.57 Å². The molecule has 0 aliphatic carbocycles. The van der Waals surface area contributed by atoms with Crippen LogP contribution in [0.1, 0.15) is 10.6 Å². The number of benzene rings is 1. The fraction of sp³-hybridized carbons (Fsp3) is 0.176. The Morgan fingerprint density at radius 2 is 2.21 bits per heavy atom. The molecule has 3 aromatic rings. The first-order valence-corrected chi connectivity index (χ1v) is 9.28. The summed E-state index contributed by atoms with van der Waals surface area (Å²) < 4.78 is 20.7. The van der Waals surface area contributed by atoms with Gasteiger partial charge in [-0.05, 0) is 46.3 Å². The molecule has 1 atom stereocenters. The Morgan fingerprint density at radius 1 is 1.43 bits per heavy atom. The van der Waals surface area contributed by atoms with E-state index in [4.69, 9.17) is 14.4 Å². The van der Waals surface area contributed by atoms with Crippen molar-refractivity contribution < 1.29 is 28.7 Å². The van der Waals surface area contributed by atoms with Crippen molar-refractivity contribution >= 4 is 64.2 Å². The minimum absolute atomic E-state index is 0.137. The van der Waals surface area contributed by atoms with Gasteiger partial charge in [-0.15, -0.1) is 0 Å². The largest absolute Gasteiger partial charge is 0.449 e. The van der Waals surface area contributed by atoms with Crippen LogP contribution < -0.4 is 16.3 Å². The Hall–Kier alpha value is -2.22. The lowest BCUT2D eigenvalue weighted by molar-refractivity contribution is -0.0302. The van der Waals surface area contributed by atoms with Crippen molar-refractivity contribution in [2.75, 3.05) is 18.5 Å². The van der Waals surface area contributed by atoms with Gasteiger partial charge < -0.3 is 19.9 Å². The number of hydrogen-bond donors (Lipinski definition) is 4. The molecule has 0 saturated heterocycles. The van der Waals surface area contributed by atoms with Crippen LogP contribution in [0, 0.1) is 9.39 Å². The topological polar surface area (TPSA) is 117 Å². The highest BCUT2D eigenvalue weighted by molar-refractivity contribution is 14.1. The van der Waals surface area contributed by atoms with Gasteiger partial charge >= 0.3 is 5.91 Å². The number of furan rings is 1. The molecule has 11 heteroatoms. The summed E-state index contributed by atoms with van der Waals surface area (Å²) in [4.78, 5) is 21.5. The molecule has 0 saturated carbocycles. The van der Waals surface area contributed by atoms with Gasteiger partial charge in [0, 0.05) is 16.0 Å². The zero-order valence-electron chi connectivity index (χ0n) is 14.7. The summed E-state index contributed by atoms with van der Waals surface area (Å²) in [5.41, 5.74) is 3.64. The van der Waals surface area contributed by atoms with Crippen molar-refractivity contribution in [3.8, 4) is 0 Å². The van der Waals surface area contributed by atoms with Crippen LogP contribution in [0.5, 0.6) is 0 Å². The SMILES string of the molecule is Bc1cncc2c(Nc3ccc(I)cc3F)c(C(=O)NOC[C@H](O)CO)oc12. The second-order valence-corrected chi connectivity index (χ2v) is 7.21. The molecule has 2 heterocycles. The van der Waals surface area contributed by atoms with Crippen LogP contribution >= 0.6 is 22.6 Å². The number of carbonyl (C=O) groups excluding carboxylic acids is 1. The molecule has 1 amide bonds. The Morgan fingerprint density at radius 3 is 2.93 bits per heavy atom. The third-order valence-corrected chi connectivity index (χ3v) is 4.49. The van der Waals surface area contributed by atoms with Crippen molar-refractivity contribution in [1.29, 1.82) is 0 Å². The number of anilines is 2. The molecule has 1 aromatic carbocycles. The van der Waals surface area contributed by atoms with Crippen LogP contribution in [-0.2, 0) is 4.84 Å². The minimum atomic E-state index is -1.14. The molecule has 0 radical (unpaired) electrons. The highest BCUT2D eigenvalue weighted by atomic mass is 127. The molecule has 0 bridgehead atoms. The number of aliphatic hydroxyl groups excluding tert-OH is 2. The predicted octanol–water partition coefficient (Wildman–Crippen LogP) is 0.588. The van der Waals surface area contributed by atoms with Crippen molar-refractivity contribution in [2.45, 2.75) is 6.10 Å². The van der Waals surface area contributed by atoms with Crippen molar-refractivity contribution in [3.05, 3.63) is 45.7 Å². The van der Waals surface area contributed by atoms with E-state index in [-0.39, 0.29) is 23.7 Å². The number of hydroxylamine groups is 1. The monoisotopic (exact) mass is 499 g/mol. The lowest BCUT2D eigenvalue weighted by Crippen LogP contribution is -2.30. The number of hydrogen-bond acceptors (Lipinski definition) is 7. The summed E-state index contributed by atoms with van der Waals surface area (Å²) >= 11 is 2.00. The Kier molecular flexibility index (Phi) is 6.49. The lowest BCUT2D eigenvalue weighted by atomic mass is 9.97. The number of amides is 1. The average molecular weight is 499 g/mol. The Balaban J connectivity index is 1.96. The molecule has 28 heavy (non-hydrogen) atoms. The van der Waals surface area contributed by atoms with E-state index < -0.39 is 24.4 Å². The number of nitrogens with zero attached hydrogens (tertiary/aromatic N) is 1. The summed E-state index contributed by atoms with van der Waals surface area (Å²) in [6.07, 6.45) is 1.95. The first-order valence-electron chi connectivity index (χ1n) is 8.21. The number of pyridine rings is 1. The quantitative estimate of drug-likeness (QED) is 0.214. The van der Waals surface area contributed by atoms with Crippen LogP contribution in [0.4, 0.5) is 15.8 Å². The molecule has 3 rings (SSSR count). The van der Waals surface area contributed by atoms with E-state index in [1.165, 1.54) is 12.3 Å². The number of carbonyl (C=O) groups is 1. The Bertz CT molecular complexity index is 1020. The second kappa shape index (κ2) is 8.86. The van der Waals surface area contributed by atoms with E-state index in [1.54, 1.807) is 26.2 Å². The maximum absolute atomic E-state index is 14.3. The van der Waals surface area contributed by atoms with E-state index >= 15 is 0 Å². The van der Waals surface area contributed by atoms with Crippen LogP contribution in [0.2, 0.25) is 0 Å². The van der Waals surface area contributed by atoms with Gasteiger partial charge in [0.1, 0.15) is 37.6 Å². The maximum Gasteiger partial charge on any atom is 0.312 e. The summed E-state index contributed by atoms with van der Waals surface area (Å²) in [6.45, 7) is -0.818. The zero-order valence-corrected chi connectivity index (χ0v) is 16.9. The predicted molar refractivity (Wildman–Crippen MR) is 111 cm³/mol. The summed E-state index contributed by atoms with van der Waals surface area (Å²) in [7, 11) is 1.77. The van der Waals surface area contributed by atoms with Gasteiger partial charge in [0.05, 0.1) is 17.7 Å². The van der Waals surface area contributed by atoms with E-state index in [1.807, 2.05) is 22.6 Å². The molecule has 0 spiro atoms. The molecule has 0 fully saturated rings. The molecule has 8 nitrogen and oxygen atoms in total. The molecule has 0 aliphatic rings. The maximum atomic E-state index is 14.3. The molecule has 146 valence electrons. The molecule has 4 N–H and O–H groups in total. The number of fused-ring (bicyclic) bond motifs is 1. The fourth-order valence-electron chi connectivity index (χ4n) is 2.45. The molecular weight excluding hydrogens is 483 g/mol. The number of aromatic nitrogens is 1. The summed E-state index contributed by atoms with van der Waals surface area (Å²) in [5, 5.41) is 21.5. The van der Waals surface area contributed by atoms with Gasteiger partial charge in [-0.25, -0.2) is 9.87 Å². The van der Waals surface area contributed by atoms with Crippen LogP contribution in [-0.4, -0.2) is 48.3 Å². The van der Waals surface area contributed by atoms with Gasteiger partial charge in [-0.3, -0.25) is 14.6 Å². The average Bonchev–Trinajstić information content (AvgIpc) is 3.03. The highest BCUT2D eigenvalue weighted by Gasteiger charge is 2.23. The molecule has 0 unspecified atom stereocenters. The highest BCUT2D eigenvalue weighted by Crippen LogP contribution is 2.33. The lowest BCUT2D eigenvalue weighted by Gasteiger charge is -2.10. The smallest absolute Gasteiger partial charge is 0.312 e. The summed E-state index contributed by atoms with van der Waals surface area (Å²) in [6, 6.07) is 4.62. The van der Waals surface area contributed by atoms with Gasteiger partial charge in [0.25, 0.3) is 0 Å². The third-order valence-electron chi connectivity index (χ3n) is 3.82. The van der Waals surface area contributed by atoms with E-state index in [0.29, 0.717) is 16.4 Å². The standard InChI is InChI=1S/C17H16BFIN3O5/c18-11-5-21-4-10-14(22-13-2-1-8(20)3-12(13)19)16(28-15(10)11)17(26)23-27-7-9(25)6-24/h1-5,9,22,24-25H,6-7,18H2,(H,23,26)/t9-/m1/s1. The minimum Gasteiger partial charge on any atom is -0.449 e. The third kappa shape index (κ3) is 4.43. The van der Waals surface area contributed by atoms with Gasteiger partial charge in [-0.2, -0.15) is 0 Å². The normalized spacial score (nSPS) is 12.1. The fourth-order valence-corrected chi connectivity index (χ4v) is 2.91. The van der Waals surface area contributed by atoms with Crippen LogP contribution in [0.25, 0.3) is 11.0 Å². The number of halogens is 2. The summed E-state index contributed by atoms with van der Waals surface area (Å²) in [5.74, 6) is -1.37. The zero-order chi connectivity index (χ0) is 20.3. The van der Waals surface area contributed by atoms with Gasteiger partial charge in [0.15, 0.2) is 0 Å². The first kappa shape index (κ1) is 20.5. The number of rotatable bonds is 7. The van der Waals surface area contributed by atoms with E-state index in [9.17, 15) is 14.3 Å². The van der Waals surface area contributed by atoms with Gasteiger partial charge in [0.2, 0.25) is 5.76 Å². The molecule has 2 aromatic heterocycles. The second-order valence-electron chi connectivity index (χ2n) is 5.97. The van der Waals surface area contributed by atoms with Crippen molar-refractivity contribution in [3.63, 3.8) is 0 Å². The van der Waals surface area contributed by atoms with Gasteiger partial charge in [-0.1, -0.05) is 0 Å². The number of nitrogens with one attached hydrogen (secondary N) is 2. The van der Waals surface area contributed by atoms with Crippen LogP contribution in [0.15, 0.2) is 35.0 Å². The molecular formula is C17H16BFIN3O5. The number of aliphatic hydroxyl groups is 2. The first-order chi connectivity index (χ1) is 13.4. The van der Waals surface area contributed by atoms with Crippen LogP contribution in [0.3, 0.4) is 0 Å². The molecule has 0 aliphatic heterocycles. The van der Waals surface area contributed by atoms with E-state index in [2.05, 4.69) is 15.8 Å². The van der Waals surface area contributed by atoms with Crippen molar-refractivity contribution in [1.82, 2.24) is 10.5 Å².